The number of rotatable bonds is 3. The SMILES string of the molecule is CNC(C)/C(C)=C/c1c(C)nc2scc(C)n12. The highest BCUT2D eigenvalue weighted by atomic mass is 32.1. The Morgan fingerprint density at radius 3 is 2.88 bits per heavy atom. The first kappa shape index (κ1) is 12.3. The number of thiazole rings is 1. The van der Waals surface area contributed by atoms with Crippen LogP contribution >= 0.6 is 11.3 Å². The van der Waals surface area contributed by atoms with Gasteiger partial charge in [-0.25, -0.2) is 4.98 Å². The Morgan fingerprint density at radius 2 is 2.24 bits per heavy atom. The highest BCUT2D eigenvalue weighted by Crippen LogP contribution is 2.22. The molecular formula is C13H19N3S. The third kappa shape index (κ3) is 2.15. The van der Waals surface area contributed by atoms with Gasteiger partial charge in [0.25, 0.3) is 0 Å². The van der Waals surface area contributed by atoms with Crippen LogP contribution in [0.15, 0.2) is 11.0 Å². The van der Waals surface area contributed by atoms with Gasteiger partial charge in [0.05, 0.1) is 11.4 Å². The Hall–Kier alpha value is -1.13. The largest absolute Gasteiger partial charge is 0.314 e. The summed E-state index contributed by atoms with van der Waals surface area (Å²) in [5.41, 5.74) is 4.88. The van der Waals surface area contributed by atoms with Crippen LogP contribution in [0.4, 0.5) is 0 Å². The summed E-state index contributed by atoms with van der Waals surface area (Å²) in [6.45, 7) is 8.52. The fourth-order valence-corrected chi connectivity index (χ4v) is 2.78. The monoisotopic (exact) mass is 249 g/mol. The second-order valence-corrected chi connectivity index (χ2v) is 5.31. The molecule has 2 rings (SSSR count). The van der Waals surface area contributed by atoms with Gasteiger partial charge >= 0.3 is 0 Å². The van der Waals surface area contributed by atoms with Crippen molar-refractivity contribution in [3.05, 3.63) is 28.0 Å². The zero-order chi connectivity index (χ0) is 12.6. The molecule has 1 atom stereocenters. The molecule has 0 spiro atoms. The molecule has 0 aliphatic heterocycles. The summed E-state index contributed by atoms with van der Waals surface area (Å²) in [5.74, 6) is 0. The maximum atomic E-state index is 4.59. The standard InChI is InChI=1S/C13H19N3S/c1-8(10(3)14-5)6-12-11(4)15-13-16(12)9(2)7-17-13/h6-7,10,14H,1-5H3/b8-6+. The van der Waals surface area contributed by atoms with Crippen molar-refractivity contribution in [3.63, 3.8) is 0 Å². The topological polar surface area (TPSA) is 29.3 Å². The van der Waals surface area contributed by atoms with E-state index in [1.54, 1.807) is 11.3 Å². The number of aryl methyl sites for hydroxylation is 2. The molecular weight excluding hydrogens is 230 g/mol. The summed E-state index contributed by atoms with van der Waals surface area (Å²) < 4.78 is 2.23. The number of imidazole rings is 1. The summed E-state index contributed by atoms with van der Waals surface area (Å²) in [4.78, 5) is 5.67. The van der Waals surface area contributed by atoms with Crippen molar-refractivity contribution in [2.45, 2.75) is 33.7 Å². The van der Waals surface area contributed by atoms with Crippen LogP contribution in [-0.4, -0.2) is 22.5 Å². The van der Waals surface area contributed by atoms with Gasteiger partial charge in [-0.2, -0.15) is 0 Å². The first-order valence-electron chi connectivity index (χ1n) is 5.83. The van der Waals surface area contributed by atoms with Crippen LogP contribution in [0, 0.1) is 13.8 Å². The molecule has 17 heavy (non-hydrogen) atoms. The molecule has 2 heterocycles. The molecule has 92 valence electrons. The van der Waals surface area contributed by atoms with Gasteiger partial charge in [0.2, 0.25) is 0 Å². The molecule has 0 radical (unpaired) electrons. The molecule has 0 bridgehead atoms. The Kier molecular flexibility index (Phi) is 3.35. The summed E-state index contributed by atoms with van der Waals surface area (Å²) in [6, 6.07) is 0.388. The quantitative estimate of drug-likeness (QED) is 0.906. The van der Waals surface area contributed by atoms with E-state index in [9.17, 15) is 0 Å². The molecule has 0 amide bonds. The third-order valence-electron chi connectivity index (χ3n) is 3.23. The molecule has 4 heteroatoms. The maximum absolute atomic E-state index is 4.59. The lowest BCUT2D eigenvalue weighted by Gasteiger charge is -2.10. The lowest BCUT2D eigenvalue weighted by molar-refractivity contribution is 0.696. The molecule has 0 aliphatic rings. The van der Waals surface area contributed by atoms with Gasteiger partial charge in [-0.05, 0) is 40.8 Å². The Labute approximate surface area is 106 Å². The Balaban J connectivity index is 2.54. The highest BCUT2D eigenvalue weighted by Gasteiger charge is 2.11. The maximum Gasteiger partial charge on any atom is 0.194 e. The number of nitrogens with one attached hydrogen (secondary N) is 1. The Morgan fingerprint density at radius 1 is 1.53 bits per heavy atom. The third-order valence-corrected chi connectivity index (χ3v) is 4.18. The summed E-state index contributed by atoms with van der Waals surface area (Å²) in [6.07, 6.45) is 2.23. The molecule has 1 unspecified atom stereocenters. The zero-order valence-corrected chi connectivity index (χ0v) is 11.9. The zero-order valence-electron chi connectivity index (χ0n) is 11.0. The van der Waals surface area contributed by atoms with Gasteiger partial charge in [-0.3, -0.25) is 4.40 Å². The van der Waals surface area contributed by atoms with E-state index in [0.29, 0.717) is 6.04 Å². The van der Waals surface area contributed by atoms with Crippen molar-refractivity contribution in [1.82, 2.24) is 14.7 Å². The number of likely N-dealkylation sites (N-methyl/N-ethyl adjacent to an activating group) is 1. The normalized spacial score (nSPS) is 14.5. The van der Waals surface area contributed by atoms with Gasteiger partial charge in [0, 0.05) is 17.1 Å². The summed E-state index contributed by atoms with van der Waals surface area (Å²) in [5, 5.41) is 5.41. The van der Waals surface area contributed by atoms with Crippen LogP contribution in [0.3, 0.4) is 0 Å². The predicted molar refractivity (Wildman–Crippen MR) is 74.7 cm³/mol. The van der Waals surface area contributed by atoms with Gasteiger partial charge in [0.1, 0.15) is 0 Å². The van der Waals surface area contributed by atoms with E-state index in [-0.39, 0.29) is 0 Å². The van der Waals surface area contributed by atoms with Crippen LogP contribution in [-0.2, 0) is 0 Å². The molecule has 2 aromatic heterocycles. The van der Waals surface area contributed by atoms with Crippen LogP contribution in [0.5, 0.6) is 0 Å². The first-order chi connectivity index (χ1) is 8.04. The summed E-state index contributed by atoms with van der Waals surface area (Å²) >= 11 is 1.70. The van der Waals surface area contributed by atoms with Gasteiger partial charge < -0.3 is 5.32 Å². The molecule has 3 nitrogen and oxygen atoms in total. The highest BCUT2D eigenvalue weighted by molar-refractivity contribution is 7.15. The number of aromatic nitrogens is 2. The fourth-order valence-electron chi connectivity index (χ4n) is 1.86. The average molecular weight is 249 g/mol. The van der Waals surface area contributed by atoms with Crippen LogP contribution in [0.1, 0.15) is 30.9 Å². The average Bonchev–Trinajstić information content (AvgIpc) is 2.80. The van der Waals surface area contributed by atoms with Crippen molar-refractivity contribution in [2.24, 2.45) is 0 Å². The minimum atomic E-state index is 0.388. The molecule has 0 saturated carbocycles. The van der Waals surface area contributed by atoms with E-state index >= 15 is 0 Å². The molecule has 0 aromatic carbocycles. The number of hydrogen-bond acceptors (Lipinski definition) is 3. The van der Waals surface area contributed by atoms with E-state index in [0.717, 1.165) is 10.7 Å². The van der Waals surface area contributed by atoms with Crippen molar-refractivity contribution < 1.29 is 0 Å². The number of nitrogens with zero attached hydrogens (tertiary/aromatic N) is 2. The second-order valence-electron chi connectivity index (χ2n) is 4.48. The Bertz CT molecular complexity index is 562. The van der Waals surface area contributed by atoms with Crippen molar-refractivity contribution >= 4 is 22.4 Å². The van der Waals surface area contributed by atoms with Gasteiger partial charge in [-0.15, -0.1) is 11.3 Å². The first-order valence-corrected chi connectivity index (χ1v) is 6.71. The minimum Gasteiger partial charge on any atom is -0.314 e. The van der Waals surface area contributed by atoms with Crippen LogP contribution < -0.4 is 5.32 Å². The van der Waals surface area contributed by atoms with E-state index in [1.807, 2.05) is 7.05 Å². The predicted octanol–water partition coefficient (Wildman–Crippen LogP) is 3.02. The lowest BCUT2D eigenvalue weighted by atomic mass is 10.1. The van der Waals surface area contributed by atoms with Crippen LogP contribution in [0.25, 0.3) is 11.0 Å². The van der Waals surface area contributed by atoms with Crippen LogP contribution in [0.2, 0.25) is 0 Å². The second kappa shape index (κ2) is 4.63. The van der Waals surface area contributed by atoms with Gasteiger partial charge in [-0.1, -0.05) is 5.57 Å². The lowest BCUT2D eigenvalue weighted by Crippen LogP contribution is -2.22. The van der Waals surface area contributed by atoms with E-state index in [2.05, 4.69) is 53.9 Å². The molecule has 0 fully saturated rings. The minimum absolute atomic E-state index is 0.388. The number of hydrogen-bond donors (Lipinski definition) is 1. The fraction of sp³-hybridized carbons (Fsp3) is 0.462. The van der Waals surface area contributed by atoms with E-state index in [1.165, 1.54) is 17.0 Å². The molecule has 1 N–H and O–H groups in total. The smallest absolute Gasteiger partial charge is 0.194 e. The van der Waals surface area contributed by atoms with E-state index < -0.39 is 0 Å². The van der Waals surface area contributed by atoms with Crippen molar-refractivity contribution in [3.8, 4) is 0 Å². The van der Waals surface area contributed by atoms with Gasteiger partial charge in [0.15, 0.2) is 4.96 Å². The van der Waals surface area contributed by atoms with Crippen molar-refractivity contribution in [2.75, 3.05) is 7.05 Å². The molecule has 0 saturated heterocycles. The molecule has 0 aliphatic carbocycles. The van der Waals surface area contributed by atoms with E-state index in [4.69, 9.17) is 0 Å². The molecule has 2 aromatic rings. The van der Waals surface area contributed by atoms with Crippen molar-refractivity contribution in [1.29, 1.82) is 0 Å². The summed E-state index contributed by atoms with van der Waals surface area (Å²) in [7, 11) is 1.98. The number of fused-ring (bicyclic) bond motifs is 1.